The summed E-state index contributed by atoms with van der Waals surface area (Å²) in [6.07, 6.45) is 6.09. The predicted octanol–water partition coefficient (Wildman–Crippen LogP) is 2.41. The second-order valence-corrected chi connectivity index (χ2v) is 4.23. The van der Waals surface area contributed by atoms with Crippen LogP contribution in [0.2, 0.25) is 0 Å². The Morgan fingerprint density at radius 3 is 3.13 bits per heavy atom. The summed E-state index contributed by atoms with van der Waals surface area (Å²) < 4.78 is 0. The third-order valence-electron chi connectivity index (χ3n) is 2.98. The highest BCUT2D eigenvalue weighted by Gasteiger charge is 2.27. The highest BCUT2D eigenvalue weighted by atomic mass is 14.9. The Hall–Kier alpha value is -1.56. The van der Waals surface area contributed by atoms with Crippen molar-refractivity contribution in [2.45, 2.75) is 19.8 Å². The first kappa shape index (κ1) is 9.97. The predicted molar refractivity (Wildman–Crippen MR) is 59.3 cm³/mol. The SMILES string of the molecule is CC(CNc1cnccc1C#N)C1CC1. The molecule has 1 aliphatic rings. The van der Waals surface area contributed by atoms with Crippen LogP contribution < -0.4 is 5.32 Å². The largest absolute Gasteiger partial charge is 0.382 e. The van der Waals surface area contributed by atoms with E-state index in [1.807, 2.05) is 0 Å². The Labute approximate surface area is 90.1 Å². The van der Waals surface area contributed by atoms with Gasteiger partial charge in [0.1, 0.15) is 6.07 Å². The van der Waals surface area contributed by atoms with E-state index in [9.17, 15) is 0 Å². The fourth-order valence-electron chi connectivity index (χ4n) is 1.74. The summed E-state index contributed by atoms with van der Waals surface area (Å²) in [6.45, 7) is 3.19. The zero-order valence-corrected chi connectivity index (χ0v) is 8.90. The molecule has 1 unspecified atom stereocenters. The van der Waals surface area contributed by atoms with Crippen molar-refractivity contribution in [3.63, 3.8) is 0 Å². The van der Waals surface area contributed by atoms with Crippen LogP contribution in [-0.2, 0) is 0 Å². The summed E-state index contributed by atoms with van der Waals surface area (Å²) in [4.78, 5) is 4.02. The lowest BCUT2D eigenvalue weighted by atomic mass is 10.1. The lowest BCUT2D eigenvalue weighted by Gasteiger charge is -2.12. The fraction of sp³-hybridized carbons (Fsp3) is 0.500. The van der Waals surface area contributed by atoms with Crippen molar-refractivity contribution in [1.29, 1.82) is 5.26 Å². The molecule has 0 aliphatic heterocycles. The van der Waals surface area contributed by atoms with Crippen molar-refractivity contribution in [2.75, 3.05) is 11.9 Å². The quantitative estimate of drug-likeness (QED) is 0.813. The van der Waals surface area contributed by atoms with Gasteiger partial charge in [-0.2, -0.15) is 5.26 Å². The molecule has 15 heavy (non-hydrogen) atoms. The van der Waals surface area contributed by atoms with Gasteiger partial charge >= 0.3 is 0 Å². The van der Waals surface area contributed by atoms with Gasteiger partial charge in [0, 0.05) is 12.7 Å². The molecule has 3 nitrogen and oxygen atoms in total. The Balaban J connectivity index is 1.95. The molecule has 1 heterocycles. The second kappa shape index (κ2) is 4.31. The van der Waals surface area contributed by atoms with Crippen LogP contribution in [0.4, 0.5) is 5.69 Å². The summed E-state index contributed by atoms with van der Waals surface area (Å²) in [5.41, 5.74) is 1.53. The van der Waals surface area contributed by atoms with E-state index in [2.05, 4.69) is 23.3 Å². The van der Waals surface area contributed by atoms with E-state index in [4.69, 9.17) is 5.26 Å². The molecule has 0 spiro atoms. The normalized spacial score (nSPS) is 16.8. The van der Waals surface area contributed by atoms with E-state index >= 15 is 0 Å². The topological polar surface area (TPSA) is 48.7 Å². The van der Waals surface area contributed by atoms with Crippen LogP contribution in [0.1, 0.15) is 25.3 Å². The van der Waals surface area contributed by atoms with E-state index in [0.717, 1.165) is 18.2 Å². The van der Waals surface area contributed by atoms with Gasteiger partial charge in [0.2, 0.25) is 0 Å². The molecule has 78 valence electrons. The fourth-order valence-corrected chi connectivity index (χ4v) is 1.74. The molecule has 0 aromatic carbocycles. The molecule has 1 saturated carbocycles. The maximum absolute atomic E-state index is 8.89. The molecule has 1 N–H and O–H groups in total. The van der Waals surface area contributed by atoms with Gasteiger partial charge in [-0.3, -0.25) is 4.98 Å². The zero-order valence-electron chi connectivity index (χ0n) is 8.90. The number of aromatic nitrogens is 1. The van der Waals surface area contributed by atoms with Gasteiger partial charge in [-0.05, 0) is 30.7 Å². The highest BCUT2D eigenvalue weighted by molar-refractivity contribution is 5.55. The number of nitrogens with one attached hydrogen (secondary N) is 1. The third kappa shape index (κ3) is 2.47. The van der Waals surface area contributed by atoms with Crippen LogP contribution in [0.3, 0.4) is 0 Å². The summed E-state index contributed by atoms with van der Waals surface area (Å²) in [7, 11) is 0. The average Bonchev–Trinajstić information content (AvgIpc) is 3.10. The van der Waals surface area contributed by atoms with Crippen LogP contribution in [0.15, 0.2) is 18.5 Å². The molecule has 0 saturated heterocycles. The summed E-state index contributed by atoms with van der Waals surface area (Å²) >= 11 is 0. The molecular formula is C12H15N3. The van der Waals surface area contributed by atoms with Crippen LogP contribution in [-0.4, -0.2) is 11.5 Å². The van der Waals surface area contributed by atoms with Crippen LogP contribution in [0.5, 0.6) is 0 Å². The van der Waals surface area contributed by atoms with Gasteiger partial charge < -0.3 is 5.32 Å². The van der Waals surface area contributed by atoms with Crippen molar-refractivity contribution in [2.24, 2.45) is 11.8 Å². The maximum atomic E-state index is 8.89. The lowest BCUT2D eigenvalue weighted by Crippen LogP contribution is -2.13. The van der Waals surface area contributed by atoms with Gasteiger partial charge in [-0.15, -0.1) is 0 Å². The van der Waals surface area contributed by atoms with Gasteiger partial charge in [-0.1, -0.05) is 6.92 Å². The number of rotatable bonds is 4. The van der Waals surface area contributed by atoms with Gasteiger partial charge in [0.15, 0.2) is 0 Å². The number of hydrogen-bond acceptors (Lipinski definition) is 3. The van der Waals surface area contributed by atoms with E-state index < -0.39 is 0 Å². The highest BCUT2D eigenvalue weighted by Crippen LogP contribution is 2.36. The summed E-state index contributed by atoms with van der Waals surface area (Å²) in [5, 5.41) is 12.2. The van der Waals surface area contributed by atoms with E-state index in [0.29, 0.717) is 11.5 Å². The number of nitrogens with zero attached hydrogens (tertiary/aromatic N) is 2. The van der Waals surface area contributed by atoms with Crippen molar-refractivity contribution in [1.82, 2.24) is 4.98 Å². The van der Waals surface area contributed by atoms with E-state index in [-0.39, 0.29) is 0 Å². The molecule has 1 atom stereocenters. The molecule has 0 amide bonds. The number of anilines is 1. The Morgan fingerprint density at radius 2 is 2.47 bits per heavy atom. The van der Waals surface area contributed by atoms with Crippen molar-refractivity contribution >= 4 is 5.69 Å². The first-order valence-electron chi connectivity index (χ1n) is 5.39. The number of pyridine rings is 1. The maximum Gasteiger partial charge on any atom is 0.101 e. The van der Waals surface area contributed by atoms with Gasteiger partial charge in [-0.25, -0.2) is 0 Å². The number of hydrogen-bond donors (Lipinski definition) is 1. The second-order valence-electron chi connectivity index (χ2n) is 4.23. The molecule has 1 aromatic rings. The summed E-state index contributed by atoms with van der Waals surface area (Å²) in [6, 6.07) is 3.90. The molecule has 1 aromatic heterocycles. The van der Waals surface area contributed by atoms with Crippen LogP contribution in [0.25, 0.3) is 0 Å². The van der Waals surface area contributed by atoms with Crippen molar-refractivity contribution in [3.8, 4) is 6.07 Å². The van der Waals surface area contributed by atoms with Crippen LogP contribution >= 0.6 is 0 Å². The van der Waals surface area contributed by atoms with E-state index in [1.54, 1.807) is 18.5 Å². The molecular weight excluding hydrogens is 186 g/mol. The first-order valence-corrected chi connectivity index (χ1v) is 5.39. The lowest BCUT2D eigenvalue weighted by molar-refractivity contribution is 0.536. The first-order chi connectivity index (χ1) is 7.31. The Bertz CT molecular complexity index is 377. The van der Waals surface area contributed by atoms with Crippen molar-refractivity contribution in [3.05, 3.63) is 24.0 Å². The van der Waals surface area contributed by atoms with Gasteiger partial charge in [0.25, 0.3) is 0 Å². The average molecular weight is 201 g/mol. The number of nitriles is 1. The monoisotopic (exact) mass is 201 g/mol. The van der Waals surface area contributed by atoms with Crippen LogP contribution in [0, 0.1) is 23.2 Å². The Kier molecular flexibility index (Phi) is 2.86. The van der Waals surface area contributed by atoms with Crippen molar-refractivity contribution < 1.29 is 0 Å². The van der Waals surface area contributed by atoms with Gasteiger partial charge in [0.05, 0.1) is 17.4 Å². The van der Waals surface area contributed by atoms with E-state index in [1.165, 1.54) is 12.8 Å². The summed E-state index contributed by atoms with van der Waals surface area (Å²) in [5.74, 6) is 1.58. The molecule has 0 radical (unpaired) electrons. The zero-order chi connectivity index (χ0) is 10.7. The third-order valence-corrected chi connectivity index (χ3v) is 2.98. The minimum atomic E-state index is 0.674. The standard InChI is InChI=1S/C12H15N3/c1-9(10-2-3-10)7-15-12-8-14-5-4-11(12)6-13/h4-5,8-10,15H,2-3,7H2,1H3. The molecule has 3 heteroatoms. The molecule has 1 aliphatic carbocycles. The minimum Gasteiger partial charge on any atom is -0.382 e. The smallest absolute Gasteiger partial charge is 0.101 e. The molecule has 2 rings (SSSR count). The molecule has 1 fully saturated rings. The Morgan fingerprint density at radius 1 is 1.67 bits per heavy atom. The molecule has 0 bridgehead atoms. The minimum absolute atomic E-state index is 0.674.